The molecule has 3 aromatic carbocycles. The summed E-state index contributed by atoms with van der Waals surface area (Å²) in [5.74, 6) is -0.921. The van der Waals surface area contributed by atoms with Gasteiger partial charge in [0, 0.05) is 24.1 Å². The summed E-state index contributed by atoms with van der Waals surface area (Å²) in [7, 11) is 0. The molecule has 166 valence electrons. The lowest BCUT2D eigenvalue weighted by Crippen LogP contribution is -2.56. The van der Waals surface area contributed by atoms with Gasteiger partial charge in [-0.2, -0.15) is 0 Å². The van der Waals surface area contributed by atoms with Crippen LogP contribution >= 0.6 is 0 Å². The number of halogens is 2. The Morgan fingerprint density at radius 2 is 1.59 bits per heavy atom. The fraction of sp³-hybridized carbons (Fsp3) is 0.269. The van der Waals surface area contributed by atoms with Crippen molar-refractivity contribution in [2.45, 2.75) is 18.9 Å². The van der Waals surface area contributed by atoms with Gasteiger partial charge in [-0.1, -0.05) is 42.5 Å². The predicted molar refractivity (Wildman–Crippen MR) is 118 cm³/mol. The van der Waals surface area contributed by atoms with Gasteiger partial charge in [-0.15, -0.1) is 0 Å². The van der Waals surface area contributed by atoms with Gasteiger partial charge in [0.15, 0.2) is 0 Å². The molecule has 4 nitrogen and oxygen atoms in total. The van der Waals surface area contributed by atoms with Gasteiger partial charge in [-0.3, -0.25) is 4.79 Å². The maximum absolute atomic E-state index is 13.5. The summed E-state index contributed by atoms with van der Waals surface area (Å²) in [5, 5.41) is 21.0. The van der Waals surface area contributed by atoms with Gasteiger partial charge in [0.05, 0.1) is 12.7 Å². The molecule has 32 heavy (non-hydrogen) atoms. The van der Waals surface area contributed by atoms with Gasteiger partial charge < -0.3 is 15.1 Å². The summed E-state index contributed by atoms with van der Waals surface area (Å²) < 4.78 is 26.7. The molecule has 3 aromatic rings. The number of piperidine rings is 1. The number of aliphatic hydroxyl groups excluding tert-OH is 2. The van der Waals surface area contributed by atoms with E-state index in [2.05, 4.69) is 0 Å². The number of rotatable bonds is 5. The Kier molecular flexibility index (Phi) is 6.35. The normalized spacial score (nSPS) is 20.9. The number of aliphatic hydroxyl groups is 2. The molecule has 0 saturated carbocycles. The lowest BCUT2D eigenvalue weighted by molar-refractivity contribution is -0.0668. The minimum absolute atomic E-state index is 0.165. The van der Waals surface area contributed by atoms with Crippen LogP contribution in [0, 0.1) is 17.0 Å². The van der Waals surface area contributed by atoms with E-state index in [1.165, 1.54) is 24.3 Å². The van der Waals surface area contributed by atoms with Gasteiger partial charge >= 0.3 is 0 Å². The topological polar surface area (TPSA) is 60.8 Å². The van der Waals surface area contributed by atoms with Crippen LogP contribution in [0.4, 0.5) is 8.78 Å². The number of likely N-dealkylation sites (tertiary alicyclic amines) is 1. The molecule has 4 rings (SSSR count). The standard InChI is InChI=1S/C26H25F2NO3/c27-20-9-5-18(6-10-20)15-26(17-30)16-29(14-13-24(26)31)25(32)23-4-2-1-3-22(23)19-7-11-21(28)12-8-19/h1-12,24,30-31H,13-17H2/t24-,26-/m0/s1. The largest absolute Gasteiger partial charge is 0.396 e. The van der Waals surface area contributed by atoms with E-state index in [0.29, 0.717) is 30.5 Å². The van der Waals surface area contributed by atoms with E-state index < -0.39 is 11.5 Å². The molecule has 2 atom stereocenters. The van der Waals surface area contributed by atoms with Crippen molar-refractivity contribution in [3.05, 3.63) is 95.6 Å². The van der Waals surface area contributed by atoms with Crippen LogP contribution in [0.2, 0.25) is 0 Å². The van der Waals surface area contributed by atoms with E-state index in [1.807, 2.05) is 12.1 Å². The van der Waals surface area contributed by atoms with E-state index in [1.54, 1.807) is 41.3 Å². The van der Waals surface area contributed by atoms with Crippen molar-refractivity contribution in [1.82, 2.24) is 4.90 Å². The van der Waals surface area contributed by atoms with Crippen molar-refractivity contribution in [3.8, 4) is 11.1 Å². The van der Waals surface area contributed by atoms with Crippen LogP contribution in [-0.4, -0.2) is 46.8 Å². The van der Waals surface area contributed by atoms with Crippen molar-refractivity contribution in [2.75, 3.05) is 19.7 Å². The summed E-state index contributed by atoms with van der Waals surface area (Å²) in [6, 6.07) is 19.1. The first-order chi connectivity index (χ1) is 15.4. The molecule has 0 bridgehead atoms. The second-order valence-corrected chi connectivity index (χ2v) is 8.41. The zero-order valence-electron chi connectivity index (χ0n) is 17.5. The molecule has 1 heterocycles. The Morgan fingerprint density at radius 3 is 2.25 bits per heavy atom. The molecule has 0 aromatic heterocycles. The maximum Gasteiger partial charge on any atom is 0.254 e. The zero-order chi connectivity index (χ0) is 22.7. The van der Waals surface area contributed by atoms with Crippen molar-refractivity contribution < 1.29 is 23.8 Å². The van der Waals surface area contributed by atoms with Gasteiger partial charge in [0.2, 0.25) is 0 Å². The average Bonchev–Trinajstić information content (AvgIpc) is 2.82. The summed E-state index contributed by atoms with van der Waals surface area (Å²) in [6.45, 7) is 0.205. The average molecular weight is 437 g/mol. The second-order valence-electron chi connectivity index (χ2n) is 8.41. The monoisotopic (exact) mass is 437 g/mol. The molecule has 0 radical (unpaired) electrons. The highest BCUT2D eigenvalue weighted by atomic mass is 19.1. The fourth-order valence-electron chi connectivity index (χ4n) is 4.44. The van der Waals surface area contributed by atoms with Gasteiger partial charge in [-0.05, 0) is 59.9 Å². The molecule has 1 fully saturated rings. The van der Waals surface area contributed by atoms with E-state index >= 15 is 0 Å². The number of amides is 1. The Morgan fingerprint density at radius 1 is 0.969 bits per heavy atom. The van der Waals surface area contributed by atoms with Gasteiger partial charge in [0.25, 0.3) is 5.91 Å². The van der Waals surface area contributed by atoms with Crippen molar-refractivity contribution in [2.24, 2.45) is 5.41 Å². The first-order valence-corrected chi connectivity index (χ1v) is 10.6. The highest BCUT2D eigenvalue weighted by molar-refractivity contribution is 6.01. The summed E-state index contributed by atoms with van der Waals surface area (Å²) in [4.78, 5) is 15.2. The first kappa shape index (κ1) is 22.1. The summed E-state index contributed by atoms with van der Waals surface area (Å²) in [6.07, 6.45) is -0.158. The van der Waals surface area contributed by atoms with E-state index in [0.717, 1.165) is 11.1 Å². The van der Waals surface area contributed by atoms with Gasteiger partial charge in [0.1, 0.15) is 11.6 Å². The zero-order valence-corrected chi connectivity index (χ0v) is 17.5. The van der Waals surface area contributed by atoms with Crippen LogP contribution in [0.15, 0.2) is 72.8 Å². The minimum Gasteiger partial charge on any atom is -0.396 e. The lowest BCUT2D eigenvalue weighted by Gasteiger charge is -2.45. The highest BCUT2D eigenvalue weighted by Gasteiger charge is 2.44. The number of nitrogens with zero attached hydrogens (tertiary/aromatic N) is 1. The molecule has 0 aliphatic carbocycles. The molecule has 1 amide bonds. The Bertz CT molecular complexity index is 1080. The molecule has 1 aliphatic rings. The van der Waals surface area contributed by atoms with E-state index in [4.69, 9.17) is 0 Å². The summed E-state index contributed by atoms with van der Waals surface area (Å²) in [5.41, 5.74) is 1.73. The minimum atomic E-state index is -0.948. The Balaban J connectivity index is 1.62. The van der Waals surface area contributed by atoms with E-state index in [-0.39, 0.29) is 30.7 Å². The molecule has 1 saturated heterocycles. The molecule has 0 unspecified atom stereocenters. The highest BCUT2D eigenvalue weighted by Crippen LogP contribution is 2.35. The quantitative estimate of drug-likeness (QED) is 0.633. The Labute approximate surface area is 185 Å². The van der Waals surface area contributed by atoms with Crippen molar-refractivity contribution >= 4 is 5.91 Å². The molecular weight excluding hydrogens is 412 g/mol. The lowest BCUT2D eigenvalue weighted by atomic mass is 9.73. The molecule has 2 N–H and O–H groups in total. The summed E-state index contributed by atoms with van der Waals surface area (Å²) >= 11 is 0. The van der Waals surface area contributed by atoms with Crippen molar-refractivity contribution in [3.63, 3.8) is 0 Å². The molecule has 1 aliphatic heterocycles. The third kappa shape index (κ3) is 4.42. The van der Waals surface area contributed by atoms with Crippen molar-refractivity contribution in [1.29, 1.82) is 0 Å². The number of hydrogen-bond donors (Lipinski definition) is 2. The van der Waals surface area contributed by atoms with Crippen LogP contribution < -0.4 is 0 Å². The number of carbonyl (C=O) groups excluding carboxylic acids is 1. The van der Waals surface area contributed by atoms with Crippen LogP contribution in [0.3, 0.4) is 0 Å². The third-order valence-electron chi connectivity index (χ3n) is 6.27. The second kappa shape index (κ2) is 9.18. The molecular formula is C26H25F2NO3. The SMILES string of the molecule is O=C(c1ccccc1-c1ccc(F)cc1)N1CC[C@H](O)[C@@](CO)(Cc2ccc(F)cc2)C1. The molecule has 6 heteroatoms. The van der Waals surface area contributed by atoms with Crippen LogP contribution in [-0.2, 0) is 6.42 Å². The predicted octanol–water partition coefficient (Wildman–Crippen LogP) is 4.06. The number of benzene rings is 3. The number of carbonyl (C=O) groups is 1. The first-order valence-electron chi connectivity index (χ1n) is 10.6. The van der Waals surface area contributed by atoms with E-state index in [9.17, 15) is 23.8 Å². The Hall–Kier alpha value is -3.09. The number of hydrogen-bond acceptors (Lipinski definition) is 3. The van der Waals surface area contributed by atoms with Crippen LogP contribution in [0.25, 0.3) is 11.1 Å². The smallest absolute Gasteiger partial charge is 0.254 e. The fourth-order valence-corrected chi connectivity index (χ4v) is 4.44. The van der Waals surface area contributed by atoms with Gasteiger partial charge in [-0.25, -0.2) is 8.78 Å². The van der Waals surface area contributed by atoms with Crippen LogP contribution in [0.5, 0.6) is 0 Å². The maximum atomic E-state index is 13.5. The molecule has 0 spiro atoms. The van der Waals surface area contributed by atoms with Crippen LogP contribution in [0.1, 0.15) is 22.3 Å². The third-order valence-corrected chi connectivity index (χ3v) is 6.27.